The van der Waals surface area contributed by atoms with Gasteiger partial charge in [0, 0.05) is 25.1 Å². The minimum Gasteiger partial charge on any atom is -0.369 e. The topological polar surface area (TPSA) is 20.3 Å². The van der Waals surface area contributed by atoms with Gasteiger partial charge in [-0.05, 0) is 25.0 Å². The lowest BCUT2D eigenvalue weighted by molar-refractivity contribution is -0.111. The van der Waals surface area contributed by atoms with Gasteiger partial charge in [-0.1, -0.05) is 0 Å². The van der Waals surface area contributed by atoms with Gasteiger partial charge in [0.05, 0.1) is 5.69 Å². The Hall–Kier alpha value is -1.16. The van der Waals surface area contributed by atoms with Crippen LogP contribution in [0.1, 0.15) is 12.8 Å². The van der Waals surface area contributed by atoms with Crippen LogP contribution in [0.4, 0.5) is 14.5 Å². The second-order valence-corrected chi connectivity index (χ2v) is 4.06. The average molecular weight is 262 g/mol. The maximum Gasteiger partial charge on any atom is 0.149 e. The van der Waals surface area contributed by atoms with Crippen molar-refractivity contribution in [1.82, 2.24) is 0 Å². The van der Waals surface area contributed by atoms with E-state index in [0.717, 1.165) is 25.2 Å². The first-order valence-corrected chi connectivity index (χ1v) is 5.36. The second kappa shape index (κ2) is 5.96. The normalized spacial score (nSPS) is 16.5. The van der Waals surface area contributed by atoms with Crippen LogP contribution in [0.2, 0.25) is 0 Å². The van der Waals surface area contributed by atoms with E-state index in [0.29, 0.717) is 18.8 Å². The van der Waals surface area contributed by atoms with Gasteiger partial charge in [0.1, 0.15) is 17.9 Å². The number of anilines is 1. The fourth-order valence-electron chi connectivity index (χ4n) is 2.01. The average Bonchev–Trinajstić information content (AvgIpc) is 2.29. The molecule has 0 aromatic heterocycles. The molecule has 0 unspecified atom stereocenters. The summed E-state index contributed by atoms with van der Waals surface area (Å²) >= 11 is 0. The van der Waals surface area contributed by atoms with Crippen molar-refractivity contribution in [3.8, 4) is 0 Å². The quantitative estimate of drug-likeness (QED) is 0.763. The lowest BCUT2D eigenvalue weighted by atomic mass is 9.98. The molecule has 0 spiro atoms. The van der Waals surface area contributed by atoms with E-state index >= 15 is 0 Å². The summed E-state index contributed by atoms with van der Waals surface area (Å²) < 4.78 is 26.2. The maximum absolute atomic E-state index is 13.5. The summed E-state index contributed by atoms with van der Waals surface area (Å²) in [7, 11) is 0. The van der Waals surface area contributed by atoms with Crippen LogP contribution in [0, 0.1) is 17.6 Å². The minimum atomic E-state index is -0.566. The fourth-order valence-corrected chi connectivity index (χ4v) is 2.01. The largest absolute Gasteiger partial charge is 0.369 e. The van der Waals surface area contributed by atoms with E-state index in [2.05, 4.69) is 0 Å². The predicted octanol–water partition coefficient (Wildman–Crippen LogP) is 2.80. The smallest absolute Gasteiger partial charge is 0.149 e. The molecule has 2 rings (SSSR count). The molecule has 0 atom stereocenters. The van der Waals surface area contributed by atoms with E-state index in [4.69, 9.17) is 0 Å². The van der Waals surface area contributed by atoms with Gasteiger partial charge in [-0.2, -0.15) is 0 Å². The van der Waals surface area contributed by atoms with Gasteiger partial charge in [-0.25, -0.2) is 8.78 Å². The molecule has 1 aromatic carbocycles. The molecule has 1 saturated heterocycles. The summed E-state index contributed by atoms with van der Waals surface area (Å²) in [4.78, 5) is 12.4. The van der Waals surface area contributed by atoms with Gasteiger partial charge in [0.25, 0.3) is 0 Å². The molecule has 1 heterocycles. The van der Waals surface area contributed by atoms with Crippen molar-refractivity contribution in [2.75, 3.05) is 18.0 Å². The van der Waals surface area contributed by atoms with E-state index < -0.39 is 11.6 Å². The van der Waals surface area contributed by atoms with Crippen molar-refractivity contribution < 1.29 is 13.6 Å². The number of nitrogens with zero attached hydrogens (tertiary/aromatic N) is 1. The molecule has 0 aliphatic carbocycles. The van der Waals surface area contributed by atoms with Crippen molar-refractivity contribution in [2.45, 2.75) is 12.8 Å². The first kappa shape index (κ1) is 13.9. The van der Waals surface area contributed by atoms with Gasteiger partial charge in [-0.3, -0.25) is 0 Å². The van der Waals surface area contributed by atoms with Crippen molar-refractivity contribution >= 4 is 24.4 Å². The lowest BCUT2D eigenvalue weighted by Gasteiger charge is -2.31. The fraction of sp³-hybridized carbons (Fsp3) is 0.417. The Morgan fingerprint density at radius 1 is 1.24 bits per heavy atom. The summed E-state index contributed by atoms with van der Waals surface area (Å²) in [6.07, 6.45) is 2.43. The van der Waals surface area contributed by atoms with Crippen LogP contribution in [-0.4, -0.2) is 19.4 Å². The molecular weight excluding hydrogens is 248 g/mol. The number of hydrogen-bond donors (Lipinski definition) is 0. The number of carbonyl (C=O) groups is 1. The van der Waals surface area contributed by atoms with Crippen LogP contribution in [0.25, 0.3) is 0 Å². The Morgan fingerprint density at radius 2 is 1.88 bits per heavy atom. The zero-order chi connectivity index (χ0) is 11.5. The highest BCUT2D eigenvalue weighted by molar-refractivity contribution is 5.85. The van der Waals surface area contributed by atoms with E-state index in [1.165, 1.54) is 12.1 Å². The molecule has 1 aliphatic rings. The highest BCUT2D eigenvalue weighted by Crippen LogP contribution is 2.25. The number of carbonyl (C=O) groups excluding carboxylic acids is 1. The molecule has 0 saturated carbocycles. The van der Waals surface area contributed by atoms with Crippen LogP contribution in [0.3, 0.4) is 0 Å². The summed E-state index contributed by atoms with van der Waals surface area (Å²) in [5.41, 5.74) is 0.422. The third-order valence-electron chi connectivity index (χ3n) is 2.98. The summed E-state index contributed by atoms with van der Waals surface area (Å²) in [6, 6.07) is 3.59. The molecule has 1 fully saturated rings. The molecule has 17 heavy (non-hydrogen) atoms. The Kier molecular flexibility index (Phi) is 4.87. The number of halogens is 3. The number of aldehydes is 1. The van der Waals surface area contributed by atoms with Crippen molar-refractivity contribution in [3.05, 3.63) is 29.8 Å². The number of hydrogen-bond acceptors (Lipinski definition) is 2. The van der Waals surface area contributed by atoms with Crippen LogP contribution < -0.4 is 4.90 Å². The van der Waals surface area contributed by atoms with E-state index in [9.17, 15) is 13.6 Å². The third-order valence-corrected chi connectivity index (χ3v) is 2.98. The number of rotatable bonds is 2. The highest BCUT2D eigenvalue weighted by Gasteiger charge is 2.20. The molecule has 5 heteroatoms. The van der Waals surface area contributed by atoms with E-state index in [1.54, 1.807) is 0 Å². The molecule has 0 N–H and O–H groups in total. The highest BCUT2D eigenvalue weighted by atomic mass is 35.5. The van der Waals surface area contributed by atoms with E-state index in [1.807, 2.05) is 4.90 Å². The number of benzene rings is 1. The summed E-state index contributed by atoms with van der Waals surface area (Å²) in [6.45, 7) is 1.29. The standard InChI is InChI=1S/C12H13F2NO.ClH/c13-10-1-2-12(11(14)7-10)15-5-3-9(8-16)4-6-15;/h1-2,7-9H,3-6H2;1H. The summed E-state index contributed by atoms with van der Waals surface area (Å²) in [5, 5.41) is 0. The zero-order valence-electron chi connectivity index (χ0n) is 9.23. The molecular formula is C12H14ClF2NO. The minimum absolute atomic E-state index is 0. The monoisotopic (exact) mass is 261 g/mol. The Bertz CT molecular complexity index is 392. The molecule has 1 aromatic rings. The molecule has 1 aliphatic heterocycles. The molecule has 94 valence electrons. The zero-order valence-corrected chi connectivity index (χ0v) is 10.1. The van der Waals surface area contributed by atoms with Gasteiger partial charge in [-0.15, -0.1) is 12.4 Å². The third kappa shape index (κ3) is 3.16. The van der Waals surface area contributed by atoms with Crippen LogP contribution >= 0.6 is 12.4 Å². The van der Waals surface area contributed by atoms with Crippen molar-refractivity contribution in [1.29, 1.82) is 0 Å². The Balaban J connectivity index is 0.00000144. The molecule has 0 amide bonds. The van der Waals surface area contributed by atoms with E-state index in [-0.39, 0.29) is 18.3 Å². The van der Waals surface area contributed by atoms with Crippen LogP contribution in [-0.2, 0) is 4.79 Å². The van der Waals surface area contributed by atoms with Crippen molar-refractivity contribution in [2.24, 2.45) is 5.92 Å². The Morgan fingerprint density at radius 3 is 2.41 bits per heavy atom. The summed E-state index contributed by atoms with van der Waals surface area (Å²) in [5.74, 6) is -1.02. The second-order valence-electron chi connectivity index (χ2n) is 4.06. The van der Waals surface area contributed by atoms with Crippen molar-refractivity contribution in [3.63, 3.8) is 0 Å². The molecule has 0 bridgehead atoms. The van der Waals surface area contributed by atoms with Gasteiger partial charge >= 0.3 is 0 Å². The predicted molar refractivity (Wildman–Crippen MR) is 64.6 cm³/mol. The molecule has 0 radical (unpaired) electrons. The SMILES string of the molecule is Cl.O=CC1CCN(c2ccc(F)cc2F)CC1. The maximum atomic E-state index is 13.5. The van der Waals surface area contributed by atoms with Crippen LogP contribution in [0.15, 0.2) is 18.2 Å². The first-order chi connectivity index (χ1) is 7.70. The van der Waals surface area contributed by atoms with Gasteiger partial charge < -0.3 is 9.69 Å². The van der Waals surface area contributed by atoms with Gasteiger partial charge in [0.15, 0.2) is 0 Å². The van der Waals surface area contributed by atoms with Gasteiger partial charge in [0.2, 0.25) is 0 Å². The van der Waals surface area contributed by atoms with Crippen LogP contribution in [0.5, 0.6) is 0 Å². The lowest BCUT2D eigenvalue weighted by Crippen LogP contribution is -2.34. The first-order valence-electron chi connectivity index (χ1n) is 5.36. The molecule has 2 nitrogen and oxygen atoms in total. The Labute approximate surface area is 105 Å². The number of piperidine rings is 1.